The molecule has 1 saturated heterocycles. The molecule has 142 valence electrons. The molecule has 2 aliphatic rings. The Morgan fingerprint density at radius 2 is 1.73 bits per heavy atom. The van der Waals surface area contributed by atoms with E-state index in [0.29, 0.717) is 25.9 Å². The van der Waals surface area contributed by atoms with Crippen LogP contribution in [0.3, 0.4) is 0 Å². The lowest BCUT2D eigenvalue weighted by molar-refractivity contribution is -0.161. The Balaban J connectivity index is 1.65. The first kappa shape index (κ1) is 18.8. The van der Waals surface area contributed by atoms with Gasteiger partial charge >= 0.3 is 5.97 Å². The van der Waals surface area contributed by atoms with Crippen LogP contribution in [0.1, 0.15) is 45.1 Å². The molecule has 5 nitrogen and oxygen atoms in total. The Bertz CT molecular complexity index is 644. The minimum Gasteiger partial charge on any atom is -0.455 e. The number of nitrogens with zero attached hydrogens (tertiary/aromatic N) is 1. The Morgan fingerprint density at radius 1 is 1.15 bits per heavy atom. The molecule has 0 bridgehead atoms. The van der Waals surface area contributed by atoms with Crippen LogP contribution >= 0.6 is 0 Å². The first-order chi connectivity index (χ1) is 12.4. The highest BCUT2D eigenvalue weighted by Crippen LogP contribution is 2.42. The van der Waals surface area contributed by atoms with E-state index in [9.17, 15) is 14.0 Å². The summed E-state index contributed by atoms with van der Waals surface area (Å²) in [6.07, 6.45) is 3.10. The molecule has 1 aliphatic heterocycles. The molecule has 6 heteroatoms. The highest BCUT2D eigenvalue weighted by molar-refractivity contribution is 5.86. The number of carbonyl (C=O) groups is 2. The highest BCUT2D eigenvalue weighted by atomic mass is 19.1. The average molecular weight is 363 g/mol. The summed E-state index contributed by atoms with van der Waals surface area (Å²) in [7, 11) is 0. The summed E-state index contributed by atoms with van der Waals surface area (Å²) >= 11 is 0. The SMILES string of the molecule is C[C@@H]1CN(C(=O)COC(=O)C2(c3ccc(F)cc3)CCCC2)C[C@@H](C)O1. The van der Waals surface area contributed by atoms with Crippen LogP contribution in [0.5, 0.6) is 0 Å². The molecule has 0 aromatic heterocycles. The van der Waals surface area contributed by atoms with Gasteiger partial charge in [-0.2, -0.15) is 0 Å². The molecule has 0 unspecified atom stereocenters. The fourth-order valence-corrected chi connectivity index (χ4v) is 4.10. The van der Waals surface area contributed by atoms with E-state index in [1.165, 1.54) is 12.1 Å². The second-order valence-electron chi connectivity index (χ2n) is 7.43. The van der Waals surface area contributed by atoms with Crippen molar-refractivity contribution in [1.82, 2.24) is 4.90 Å². The van der Waals surface area contributed by atoms with Gasteiger partial charge in [-0.05, 0) is 44.4 Å². The van der Waals surface area contributed by atoms with Crippen molar-refractivity contribution in [3.63, 3.8) is 0 Å². The zero-order valence-corrected chi connectivity index (χ0v) is 15.4. The molecule has 0 radical (unpaired) electrons. The van der Waals surface area contributed by atoms with Gasteiger partial charge in [0.25, 0.3) is 5.91 Å². The summed E-state index contributed by atoms with van der Waals surface area (Å²) in [5.74, 6) is -0.919. The van der Waals surface area contributed by atoms with Gasteiger partial charge in [0, 0.05) is 13.1 Å². The van der Waals surface area contributed by atoms with E-state index in [1.54, 1.807) is 17.0 Å². The topological polar surface area (TPSA) is 55.8 Å². The fourth-order valence-electron chi connectivity index (χ4n) is 4.10. The number of carbonyl (C=O) groups excluding carboxylic acids is 2. The third-order valence-electron chi connectivity index (χ3n) is 5.34. The van der Waals surface area contributed by atoms with Crippen molar-refractivity contribution in [1.29, 1.82) is 0 Å². The number of rotatable bonds is 4. The highest BCUT2D eigenvalue weighted by Gasteiger charge is 2.44. The molecule has 0 spiro atoms. The Morgan fingerprint density at radius 3 is 2.31 bits per heavy atom. The van der Waals surface area contributed by atoms with E-state index >= 15 is 0 Å². The first-order valence-electron chi connectivity index (χ1n) is 9.27. The molecule has 1 amide bonds. The van der Waals surface area contributed by atoms with Gasteiger partial charge < -0.3 is 14.4 Å². The molecule has 2 atom stereocenters. The summed E-state index contributed by atoms with van der Waals surface area (Å²) in [5.41, 5.74) is 0.00186. The van der Waals surface area contributed by atoms with Crippen LogP contribution < -0.4 is 0 Å². The van der Waals surface area contributed by atoms with Crippen molar-refractivity contribution in [3.05, 3.63) is 35.6 Å². The van der Waals surface area contributed by atoms with E-state index in [0.717, 1.165) is 18.4 Å². The largest absolute Gasteiger partial charge is 0.455 e. The number of morpholine rings is 1. The molecule has 1 aliphatic carbocycles. The van der Waals surface area contributed by atoms with Gasteiger partial charge in [-0.25, -0.2) is 4.39 Å². The summed E-state index contributed by atoms with van der Waals surface area (Å²) in [6.45, 7) is 4.59. The summed E-state index contributed by atoms with van der Waals surface area (Å²) in [6, 6.07) is 6.03. The maximum atomic E-state index is 13.2. The van der Waals surface area contributed by atoms with Gasteiger partial charge in [-0.1, -0.05) is 25.0 Å². The molecular weight excluding hydrogens is 337 g/mol. The van der Waals surface area contributed by atoms with Crippen LogP contribution in [-0.4, -0.2) is 48.7 Å². The number of hydrogen-bond acceptors (Lipinski definition) is 4. The second kappa shape index (κ2) is 7.74. The van der Waals surface area contributed by atoms with Crippen molar-refractivity contribution in [2.75, 3.05) is 19.7 Å². The number of ether oxygens (including phenoxy) is 2. The van der Waals surface area contributed by atoms with E-state index in [2.05, 4.69) is 0 Å². The van der Waals surface area contributed by atoms with Gasteiger partial charge in [-0.3, -0.25) is 9.59 Å². The van der Waals surface area contributed by atoms with Crippen molar-refractivity contribution in [2.24, 2.45) is 0 Å². The van der Waals surface area contributed by atoms with Crippen LogP contribution in [0.25, 0.3) is 0 Å². The monoisotopic (exact) mass is 363 g/mol. The summed E-state index contributed by atoms with van der Waals surface area (Å²) < 4.78 is 24.3. The minimum absolute atomic E-state index is 0.0289. The zero-order chi connectivity index (χ0) is 18.7. The lowest BCUT2D eigenvalue weighted by atomic mass is 9.79. The Hall–Kier alpha value is -1.95. The molecule has 1 saturated carbocycles. The van der Waals surface area contributed by atoms with Crippen molar-refractivity contribution < 1.29 is 23.5 Å². The predicted octanol–water partition coefficient (Wildman–Crippen LogP) is 2.82. The van der Waals surface area contributed by atoms with Crippen LogP contribution in [0, 0.1) is 5.82 Å². The Kier molecular flexibility index (Phi) is 5.61. The Labute approximate surface area is 153 Å². The number of hydrogen-bond donors (Lipinski definition) is 0. The first-order valence-corrected chi connectivity index (χ1v) is 9.27. The molecule has 0 N–H and O–H groups in total. The quantitative estimate of drug-likeness (QED) is 0.772. The van der Waals surface area contributed by atoms with Gasteiger partial charge in [-0.15, -0.1) is 0 Å². The average Bonchev–Trinajstić information content (AvgIpc) is 3.10. The molecule has 3 rings (SSSR count). The summed E-state index contributed by atoms with van der Waals surface area (Å²) in [5, 5.41) is 0. The van der Waals surface area contributed by atoms with Crippen LogP contribution in [-0.2, 0) is 24.5 Å². The van der Waals surface area contributed by atoms with Crippen LogP contribution in [0.4, 0.5) is 4.39 Å². The van der Waals surface area contributed by atoms with Crippen LogP contribution in [0.15, 0.2) is 24.3 Å². The molecule has 1 aromatic carbocycles. The molecular formula is C20H26FNO4. The van der Waals surface area contributed by atoms with Gasteiger partial charge in [0.2, 0.25) is 0 Å². The third-order valence-corrected chi connectivity index (χ3v) is 5.34. The van der Waals surface area contributed by atoms with E-state index in [1.807, 2.05) is 13.8 Å². The lowest BCUT2D eigenvalue weighted by Crippen LogP contribution is -2.49. The molecule has 1 heterocycles. The van der Waals surface area contributed by atoms with Gasteiger partial charge in [0.1, 0.15) is 5.82 Å². The summed E-state index contributed by atoms with van der Waals surface area (Å²) in [4.78, 5) is 27.0. The third kappa shape index (κ3) is 3.90. The smallest absolute Gasteiger partial charge is 0.317 e. The van der Waals surface area contributed by atoms with E-state index in [4.69, 9.17) is 9.47 Å². The minimum atomic E-state index is -0.764. The van der Waals surface area contributed by atoms with E-state index < -0.39 is 5.41 Å². The predicted molar refractivity (Wildman–Crippen MR) is 94.1 cm³/mol. The van der Waals surface area contributed by atoms with Gasteiger partial charge in [0.05, 0.1) is 17.6 Å². The van der Waals surface area contributed by atoms with E-state index in [-0.39, 0.29) is 36.5 Å². The zero-order valence-electron chi connectivity index (χ0n) is 15.4. The van der Waals surface area contributed by atoms with Crippen molar-refractivity contribution in [2.45, 2.75) is 57.2 Å². The van der Waals surface area contributed by atoms with Gasteiger partial charge in [0.15, 0.2) is 6.61 Å². The second-order valence-corrected chi connectivity index (χ2v) is 7.43. The van der Waals surface area contributed by atoms with Crippen LogP contribution in [0.2, 0.25) is 0 Å². The normalized spacial score (nSPS) is 25.1. The number of halogens is 1. The van der Waals surface area contributed by atoms with Crippen molar-refractivity contribution in [3.8, 4) is 0 Å². The molecule has 2 fully saturated rings. The standard InChI is InChI=1S/C20H26FNO4/c1-14-11-22(12-15(2)26-14)18(23)13-25-19(24)20(9-3-4-10-20)16-5-7-17(21)8-6-16/h5-8,14-15H,3-4,9-13H2,1-2H3/t14-,15-/m1/s1. The number of esters is 1. The maximum absolute atomic E-state index is 13.2. The number of amides is 1. The fraction of sp³-hybridized carbons (Fsp3) is 0.600. The van der Waals surface area contributed by atoms with Crippen molar-refractivity contribution >= 4 is 11.9 Å². The molecule has 1 aromatic rings. The maximum Gasteiger partial charge on any atom is 0.317 e. The lowest BCUT2D eigenvalue weighted by Gasteiger charge is -2.35. The molecule has 26 heavy (non-hydrogen) atoms. The number of benzene rings is 1.